The Balaban J connectivity index is 1.72. The van der Waals surface area contributed by atoms with Crippen molar-refractivity contribution in [2.45, 2.75) is 19.8 Å². The number of rotatable bonds is 5. The van der Waals surface area contributed by atoms with Crippen LogP contribution in [-0.2, 0) is 10.8 Å². The Morgan fingerprint density at radius 3 is 3.00 bits per heavy atom. The molecule has 0 saturated heterocycles. The van der Waals surface area contributed by atoms with E-state index in [1.165, 1.54) is 18.1 Å². The van der Waals surface area contributed by atoms with Gasteiger partial charge in [-0.05, 0) is 18.1 Å². The minimum Gasteiger partial charge on any atom is -0.254 e. The molecule has 3 aliphatic rings. The van der Waals surface area contributed by atoms with Gasteiger partial charge >= 0.3 is 0 Å². The molecule has 0 saturated carbocycles. The van der Waals surface area contributed by atoms with Crippen molar-refractivity contribution in [1.29, 1.82) is 0 Å². The van der Waals surface area contributed by atoms with Crippen LogP contribution < -0.4 is 10.7 Å². The molecule has 5 heterocycles. The highest BCUT2D eigenvalue weighted by Gasteiger charge is 2.41. The van der Waals surface area contributed by atoms with E-state index in [0.717, 1.165) is 49.3 Å². The van der Waals surface area contributed by atoms with Gasteiger partial charge < -0.3 is 0 Å². The average Bonchev–Trinajstić information content (AvgIpc) is 3.35. The van der Waals surface area contributed by atoms with Crippen molar-refractivity contribution >= 4 is 50.2 Å². The van der Waals surface area contributed by atoms with Gasteiger partial charge in [0.2, 0.25) is 0 Å². The zero-order valence-electron chi connectivity index (χ0n) is 14.5. The molecule has 0 spiro atoms. The molecule has 0 aromatic carbocycles. The molecule has 0 amide bonds. The van der Waals surface area contributed by atoms with Crippen molar-refractivity contribution in [3.05, 3.63) is 55.8 Å². The van der Waals surface area contributed by atoms with Crippen LogP contribution in [0.2, 0.25) is 0 Å². The van der Waals surface area contributed by atoms with Crippen molar-refractivity contribution in [3.8, 4) is 0 Å². The topological polar surface area (TPSA) is 80.5 Å². The monoisotopic (exact) mass is 413 g/mol. The summed E-state index contributed by atoms with van der Waals surface area (Å²) in [4.78, 5) is 22.5. The predicted molar refractivity (Wildman–Crippen MR) is 110 cm³/mol. The summed E-state index contributed by atoms with van der Waals surface area (Å²) >= 11 is 3.06. The first-order valence-electron chi connectivity index (χ1n) is 8.65. The molecule has 2 aromatic rings. The van der Waals surface area contributed by atoms with Gasteiger partial charge in [0.05, 0.1) is 27.5 Å². The first-order valence-corrected chi connectivity index (χ1v) is 11.7. The standard InChI is InChI=1S/C18H15N5OS3/c1-2-3-6-27(24)18-14-13-10(11-8-19-9-21-15(11)23-14)7-12(22-17(13)26-18)16-20-4-5-25-16/h4-5,7-9,13H,2-3,6H2,1H3. The van der Waals surface area contributed by atoms with Crippen LogP contribution in [0.15, 0.2) is 50.1 Å². The first-order chi connectivity index (χ1) is 13.3. The number of hydrogen-bond donors (Lipinski definition) is 0. The number of thioether (sulfide) groups is 1. The van der Waals surface area contributed by atoms with E-state index in [-0.39, 0.29) is 5.92 Å². The van der Waals surface area contributed by atoms with E-state index < -0.39 is 10.8 Å². The van der Waals surface area contributed by atoms with Gasteiger partial charge in [0.15, 0.2) is 5.49 Å². The van der Waals surface area contributed by atoms with Crippen LogP contribution in [0.25, 0.3) is 11.3 Å². The Bertz CT molecular complexity index is 1160. The summed E-state index contributed by atoms with van der Waals surface area (Å²) in [6.45, 7) is 2.11. The predicted octanol–water partition coefficient (Wildman–Crippen LogP) is 2.25. The Morgan fingerprint density at radius 2 is 2.19 bits per heavy atom. The molecule has 2 unspecified atom stereocenters. The number of aromatic nitrogens is 3. The lowest BCUT2D eigenvalue weighted by atomic mass is 9.91. The third-order valence-corrected chi connectivity index (χ3v) is 8.35. The van der Waals surface area contributed by atoms with Gasteiger partial charge in [-0.2, -0.15) is 0 Å². The van der Waals surface area contributed by atoms with E-state index in [1.54, 1.807) is 23.7 Å². The number of nitrogens with zero attached hydrogens (tertiary/aromatic N) is 5. The van der Waals surface area contributed by atoms with Gasteiger partial charge in [0.25, 0.3) is 0 Å². The van der Waals surface area contributed by atoms with Gasteiger partial charge in [-0.25, -0.2) is 24.9 Å². The summed E-state index contributed by atoms with van der Waals surface area (Å²) in [6.07, 6.45) is 9.09. The fourth-order valence-corrected chi connectivity index (χ4v) is 6.82. The molecular weight excluding hydrogens is 398 g/mol. The normalized spacial score (nSPS) is 21.2. The zero-order valence-corrected chi connectivity index (χ0v) is 16.9. The Labute approximate surface area is 166 Å². The summed E-state index contributed by atoms with van der Waals surface area (Å²) in [7, 11) is -1.07. The summed E-state index contributed by atoms with van der Waals surface area (Å²) in [5, 5.41) is 4.65. The zero-order chi connectivity index (χ0) is 18.4. The lowest BCUT2D eigenvalue weighted by Crippen LogP contribution is -2.38. The number of thiazole rings is 1. The smallest absolute Gasteiger partial charge is 0.163 e. The number of allylic oxidation sites excluding steroid dienone is 2. The highest BCUT2D eigenvalue weighted by Crippen LogP contribution is 2.48. The highest BCUT2D eigenvalue weighted by molar-refractivity contribution is 8.26. The third kappa shape index (κ3) is 2.84. The lowest BCUT2D eigenvalue weighted by Gasteiger charge is -2.21. The van der Waals surface area contributed by atoms with Crippen molar-refractivity contribution in [2.75, 3.05) is 5.75 Å². The second-order valence-corrected chi connectivity index (χ2v) is 9.95. The minimum atomic E-state index is -1.07. The fourth-order valence-electron chi connectivity index (χ4n) is 3.25. The highest BCUT2D eigenvalue weighted by atomic mass is 32.2. The summed E-state index contributed by atoms with van der Waals surface area (Å²) < 4.78 is 13.7. The van der Waals surface area contributed by atoms with Gasteiger partial charge in [-0.15, -0.1) is 11.3 Å². The van der Waals surface area contributed by atoms with Crippen LogP contribution in [0.1, 0.15) is 24.8 Å². The SMILES string of the molecule is CCCCS(=O)C1=C2N=c3ncncc3=C3C=C(c4nccs4)N=C(S1)C23. The second-order valence-electron chi connectivity index (χ2n) is 6.26. The van der Waals surface area contributed by atoms with Crippen molar-refractivity contribution in [2.24, 2.45) is 15.9 Å². The quantitative estimate of drug-likeness (QED) is 0.751. The van der Waals surface area contributed by atoms with Crippen LogP contribution >= 0.6 is 23.1 Å². The minimum absolute atomic E-state index is 0.0715. The molecule has 0 aliphatic carbocycles. The van der Waals surface area contributed by atoms with Gasteiger partial charge in [0, 0.05) is 28.7 Å². The first kappa shape index (κ1) is 17.2. The molecule has 0 fully saturated rings. The maximum absolute atomic E-state index is 12.9. The second kappa shape index (κ2) is 6.88. The van der Waals surface area contributed by atoms with E-state index in [1.807, 2.05) is 5.38 Å². The number of aliphatic imine (C=N–C) groups is 1. The van der Waals surface area contributed by atoms with Gasteiger partial charge in [-0.1, -0.05) is 25.1 Å². The molecule has 5 rings (SSSR count). The molecule has 2 aromatic heterocycles. The molecular formula is C18H15N5OS3. The molecule has 136 valence electrons. The molecule has 27 heavy (non-hydrogen) atoms. The van der Waals surface area contributed by atoms with E-state index >= 15 is 0 Å². The lowest BCUT2D eigenvalue weighted by molar-refractivity contribution is 0.684. The Kier molecular flexibility index (Phi) is 4.37. The number of unbranched alkanes of at least 4 members (excludes halogenated alkanes) is 1. The van der Waals surface area contributed by atoms with Crippen molar-refractivity contribution < 1.29 is 4.21 Å². The van der Waals surface area contributed by atoms with E-state index in [0.29, 0.717) is 11.2 Å². The van der Waals surface area contributed by atoms with Crippen LogP contribution in [0, 0.1) is 5.92 Å². The van der Waals surface area contributed by atoms with Crippen LogP contribution in [0.5, 0.6) is 0 Å². The number of hydrogen-bond acceptors (Lipinski definition) is 8. The van der Waals surface area contributed by atoms with E-state index in [9.17, 15) is 4.21 Å². The molecule has 0 N–H and O–H groups in total. The summed E-state index contributed by atoms with van der Waals surface area (Å²) in [5.74, 6) is 0.578. The summed E-state index contributed by atoms with van der Waals surface area (Å²) in [6, 6.07) is 0. The molecule has 9 heteroatoms. The van der Waals surface area contributed by atoms with Gasteiger partial charge in [0.1, 0.15) is 21.3 Å². The van der Waals surface area contributed by atoms with E-state index in [4.69, 9.17) is 9.98 Å². The van der Waals surface area contributed by atoms with Crippen LogP contribution in [0.4, 0.5) is 0 Å². The fraction of sp³-hybridized carbons (Fsp3) is 0.278. The molecule has 0 radical (unpaired) electrons. The summed E-state index contributed by atoms with van der Waals surface area (Å²) in [5.41, 5.74) is 3.37. The van der Waals surface area contributed by atoms with Crippen LogP contribution in [-0.4, -0.2) is 30.0 Å². The molecule has 3 aliphatic heterocycles. The molecule has 2 atom stereocenters. The van der Waals surface area contributed by atoms with Gasteiger partial charge in [-0.3, -0.25) is 4.21 Å². The van der Waals surface area contributed by atoms with E-state index in [2.05, 4.69) is 28.0 Å². The average molecular weight is 414 g/mol. The van der Waals surface area contributed by atoms with Crippen molar-refractivity contribution in [1.82, 2.24) is 15.0 Å². The third-order valence-electron chi connectivity index (χ3n) is 4.53. The largest absolute Gasteiger partial charge is 0.254 e. The van der Waals surface area contributed by atoms with Crippen LogP contribution in [0.3, 0.4) is 0 Å². The number of fused-ring (bicyclic) bond motifs is 1. The molecule has 0 bridgehead atoms. The molecule has 6 nitrogen and oxygen atoms in total. The Hall–Kier alpha value is -1.97. The Morgan fingerprint density at radius 1 is 1.26 bits per heavy atom. The maximum Gasteiger partial charge on any atom is 0.163 e. The maximum atomic E-state index is 12.9. The van der Waals surface area contributed by atoms with Crippen molar-refractivity contribution in [3.63, 3.8) is 0 Å².